The molecule has 1 aliphatic rings. The molecule has 1 heterocycles. The van der Waals surface area contributed by atoms with E-state index in [0.717, 1.165) is 31.4 Å². The summed E-state index contributed by atoms with van der Waals surface area (Å²) in [4.78, 5) is 8.37. The molecule has 1 aromatic heterocycles. The van der Waals surface area contributed by atoms with Gasteiger partial charge < -0.3 is 10.5 Å². The van der Waals surface area contributed by atoms with E-state index in [4.69, 9.17) is 10.5 Å². The minimum Gasteiger partial charge on any atom is -0.476 e. The smallest absolute Gasteiger partial charge is 0.216 e. The van der Waals surface area contributed by atoms with E-state index in [1.807, 2.05) is 6.07 Å². The number of rotatable bonds is 5. The molecule has 1 aliphatic carbocycles. The van der Waals surface area contributed by atoms with Crippen LogP contribution in [0.1, 0.15) is 51.1 Å². The lowest BCUT2D eigenvalue weighted by Gasteiger charge is -2.32. The molecule has 0 atom stereocenters. The van der Waals surface area contributed by atoms with Crippen molar-refractivity contribution in [3.63, 3.8) is 0 Å². The molecule has 1 saturated carbocycles. The molecule has 0 amide bonds. The van der Waals surface area contributed by atoms with Gasteiger partial charge in [-0.1, -0.05) is 32.6 Å². The molecule has 1 fully saturated rings. The molecule has 0 saturated heterocycles. The second-order valence-corrected chi connectivity index (χ2v) is 5.31. The Kier molecular flexibility index (Phi) is 4.53. The predicted octanol–water partition coefficient (Wildman–Crippen LogP) is 2.47. The molecule has 0 unspecified atom stereocenters. The van der Waals surface area contributed by atoms with Crippen molar-refractivity contribution in [1.82, 2.24) is 9.97 Å². The molecule has 0 aromatic carbocycles. The van der Waals surface area contributed by atoms with Gasteiger partial charge in [0.05, 0.1) is 5.54 Å². The van der Waals surface area contributed by atoms with Crippen LogP contribution in [0, 0.1) is 0 Å². The van der Waals surface area contributed by atoms with Gasteiger partial charge in [0.2, 0.25) is 5.88 Å². The summed E-state index contributed by atoms with van der Waals surface area (Å²) in [7, 11) is 0. The third-order valence-electron chi connectivity index (χ3n) is 3.56. The first-order valence-electron chi connectivity index (χ1n) is 6.94. The molecule has 1 aromatic rings. The molecular weight excluding hydrogens is 226 g/mol. The average molecular weight is 249 g/mol. The van der Waals surface area contributed by atoms with Gasteiger partial charge in [0, 0.05) is 11.8 Å². The molecule has 100 valence electrons. The highest BCUT2D eigenvalue weighted by Gasteiger charge is 2.28. The van der Waals surface area contributed by atoms with Crippen molar-refractivity contribution in [3.05, 3.63) is 18.1 Å². The largest absolute Gasteiger partial charge is 0.476 e. The molecule has 18 heavy (non-hydrogen) atoms. The van der Waals surface area contributed by atoms with Crippen LogP contribution in [0.4, 0.5) is 0 Å². The van der Waals surface area contributed by atoms with Gasteiger partial charge in [-0.25, -0.2) is 9.97 Å². The molecule has 0 spiro atoms. The molecule has 4 heteroatoms. The van der Waals surface area contributed by atoms with Gasteiger partial charge in [-0.05, 0) is 19.3 Å². The van der Waals surface area contributed by atoms with Gasteiger partial charge >= 0.3 is 0 Å². The quantitative estimate of drug-likeness (QED) is 0.870. The van der Waals surface area contributed by atoms with Crippen LogP contribution in [-0.2, 0) is 6.42 Å². The van der Waals surface area contributed by atoms with Crippen LogP contribution in [0.2, 0.25) is 0 Å². The summed E-state index contributed by atoms with van der Waals surface area (Å²) < 4.78 is 5.76. The maximum atomic E-state index is 6.34. The van der Waals surface area contributed by atoms with E-state index in [-0.39, 0.29) is 5.54 Å². The molecule has 0 radical (unpaired) electrons. The fourth-order valence-corrected chi connectivity index (χ4v) is 2.47. The van der Waals surface area contributed by atoms with Gasteiger partial charge in [0.15, 0.2) is 0 Å². The zero-order valence-corrected chi connectivity index (χ0v) is 11.2. The van der Waals surface area contributed by atoms with Crippen LogP contribution in [0.5, 0.6) is 5.88 Å². The van der Waals surface area contributed by atoms with E-state index >= 15 is 0 Å². The van der Waals surface area contributed by atoms with E-state index in [2.05, 4.69) is 16.9 Å². The number of ether oxygens (including phenoxy) is 1. The van der Waals surface area contributed by atoms with E-state index in [0.29, 0.717) is 12.5 Å². The van der Waals surface area contributed by atoms with Gasteiger partial charge in [0.25, 0.3) is 0 Å². The van der Waals surface area contributed by atoms with Crippen molar-refractivity contribution in [1.29, 1.82) is 0 Å². The third-order valence-corrected chi connectivity index (χ3v) is 3.56. The van der Waals surface area contributed by atoms with Crippen LogP contribution in [0.15, 0.2) is 12.4 Å². The third kappa shape index (κ3) is 3.67. The summed E-state index contributed by atoms with van der Waals surface area (Å²) in [6.07, 6.45) is 9.46. The Bertz CT molecular complexity index is 375. The van der Waals surface area contributed by atoms with Crippen LogP contribution in [-0.4, -0.2) is 22.1 Å². The van der Waals surface area contributed by atoms with Crippen LogP contribution < -0.4 is 10.5 Å². The Labute approximate surface area is 109 Å². The maximum absolute atomic E-state index is 6.34. The minimum atomic E-state index is -0.159. The number of aryl methyl sites for hydroxylation is 1. The molecule has 2 rings (SSSR count). The first-order valence-corrected chi connectivity index (χ1v) is 6.94. The Hall–Kier alpha value is -1.16. The fraction of sp³-hybridized carbons (Fsp3) is 0.714. The molecule has 0 aliphatic heterocycles. The van der Waals surface area contributed by atoms with Gasteiger partial charge in [-0.2, -0.15) is 0 Å². The van der Waals surface area contributed by atoms with Crippen LogP contribution >= 0.6 is 0 Å². The summed E-state index contributed by atoms with van der Waals surface area (Å²) in [5, 5.41) is 0. The number of hydrogen-bond acceptors (Lipinski definition) is 4. The summed E-state index contributed by atoms with van der Waals surface area (Å²) in [5.74, 6) is 0.656. The van der Waals surface area contributed by atoms with E-state index in [9.17, 15) is 0 Å². The summed E-state index contributed by atoms with van der Waals surface area (Å²) in [6.45, 7) is 2.70. The van der Waals surface area contributed by atoms with E-state index in [1.165, 1.54) is 19.3 Å². The van der Waals surface area contributed by atoms with Crippen LogP contribution in [0.25, 0.3) is 0 Å². The Balaban J connectivity index is 1.90. The number of nitrogens with two attached hydrogens (primary N) is 1. The van der Waals surface area contributed by atoms with Crippen molar-refractivity contribution in [3.8, 4) is 5.88 Å². The van der Waals surface area contributed by atoms with E-state index < -0.39 is 0 Å². The number of hydrogen-bond donors (Lipinski definition) is 1. The fourth-order valence-electron chi connectivity index (χ4n) is 2.47. The summed E-state index contributed by atoms with van der Waals surface area (Å²) >= 11 is 0. The zero-order chi connectivity index (χ0) is 12.8. The van der Waals surface area contributed by atoms with Crippen molar-refractivity contribution < 1.29 is 4.74 Å². The van der Waals surface area contributed by atoms with Crippen molar-refractivity contribution >= 4 is 0 Å². The number of nitrogens with zero attached hydrogens (tertiary/aromatic N) is 2. The SMILES string of the molecule is CCCc1cc(OCC2(N)CCCCC2)ncn1. The lowest BCUT2D eigenvalue weighted by molar-refractivity contribution is 0.169. The van der Waals surface area contributed by atoms with Gasteiger partial charge in [0.1, 0.15) is 12.9 Å². The van der Waals surface area contributed by atoms with Crippen molar-refractivity contribution in [2.75, 3.05) is 6.61 Å². The zero-order valence-electron chi connectivity index (χ0n) is 11.2. The molecule has 2 N–H and O–H groups in total. The lowest BCUT2D eigenvalue weighted by atomic mass is 9.83. The maximum Gasteiger partial charge on any atom is 0.216 e. The standard InChI is InChI=1S/C14H23N3O/c1-2-6-12-9-13(17-11-16-12)18-10-14(15)7-4-3-5-8-14/h9,11H,2-8,10,15H2,1H3. The topological polar surface area (TPSA) is 61.0 Å². The Morgan fingerprint density at radius 1 is 1.28 bits per heavy atom. The highest BCUT2D eigenvalue weighted by Crippen LogP contribution is 2.26. The first-order chi connectivity index (χ1) is 8.72. The summed E-state index contributed by atoms with van der Waals surface area (Å²) in [6, 6.07) is 1.93. The van der Waals surface area contributed by atoms with E-state index in [1.54, 1.807) is 6.33 Å². The normalized spacial score (nSPS) is 18.6. The average Bonchev–Trinajstić information content (AvgIpc) is 2.38. The predicted molar refractivity (Wildman–Crippen MR) is 71.5 cm³/mol. The Morgan fingerprint density at radius 2 is 2.06 bits per heavy atom. The molecule has 0 bridgehead atoms. The highest BCUT2D eigenvalue weighted by atomic mass is 16.5. The highest BCUT2D eigenvalue weighted by molar-refractivity contribution is 5.14. The Morgan fingerprint density at radius 3 is 2.78 bits per heavy atom. The van der Waals surface area contributed by atoms with Crippen LogP contribution in [0.3, 0.4) is 0 Å². The number of aromatic nitrogens is 2. The second-order valence-electron chi connectivity index (χ2n) is 5.31. The summed E-state index contributed by atoms with van der Waals surface area (Å²) in [5.41, 5.74) is 7.22. The minimum absolute atomic E-state index is 0.159. The second kappa shape index (κ2) is 6.14. The molecule has 4 nitrogen and oxygen atoms in total. The van der Waals surface area contributed by atoms with Gasteiger partial charge in [-0.15, -0.1) is 0 Å². The molecular formula is C14H23N3O. The lowest BCUT2D eigenvalue weighted by Crippen LogP contribution is -2.47. The first kappa shape index (κ1) is 13.3. The van der Waals surface area contributed by atoms with Crippen molar-refractivity contribution in [2.45, 2.75) is 57.4 Å². The monoisotopic (exact) mass is 249 g/mol. The van der Waals surface area contributed by atoms with Gasteiger partial charge in [-0.3, -0.25) is 0 Å². The van der Waals surface area contributed by atoms with Crippen molar-refractivity contribution in [2.24, 2.45) is 5.73 Å².